The van der Waals surface area contributed by atoms with Crippen molar-refractivity contribution in [3.8, 4) is 17.2 Å². The van der Waals surface area contributed by atoms with Crippen molar-refractivity contribution < 1.29 is 14.2 Å². The first-order chi connectivity index (χ1) is 15.2. The van der Waals surface area contributed by atoms with Crippen molar-refractivity contribution in [2.24, 2.45) is 5.10 Å². The van der Waals surface area contributed by atoms with Gasteiger partial charge >= 0.3 is 0 Å². The molecule has 0 unspecified atom stereocenters. The maximum absolute atomic E-state index is 6.14. The molecule has 0 aromatic heterocycles. The number of anilines is 1. The molecule has 0 aliphatic carbocycles. The van der Waals surface area contributed by atoms with E-state index in [1.807, 2.05) is 31.2 Å². The van der Waals surface area contributed by atoms with Crippen LogP contribution in [-0.2, 0) is 0 Å². The zero-order valence-electron chi connectivity index (χ0n) is 19.0. The van der Waals surface area contributed by atoms with Gasteiger partial charge in [-0.2, -0.15) is 5.10 Å². The number of hydrogen-bond acceptors (Lipinski definition) is 5. The molecule has 0 atom stereocenters. The molecule has 0 amide bonds. The highest BCUT2D eigenvalue weighted by Crippen LogP contribution is 2.29. The van der Waals surface area contributed by atoms with Gasteiger partial charge in [-0.3, -0.25) is 5.43 Å². The standard InChI is InChI=1S/C25H35ClN2O3/c1-4-6-7-8-9-10-11-16-31-24-14-12-20(17-25(24)30-5-2)19-27-28-21-13-15-23(29-3)22(26)18-21/h12-15,17-19,28H,4-11,16H2,1-3H3/b27-19+. The Kier molecular flexibility index (Phi) is 11.7. The molecule has 1 N–H and O–H groups in total. The van der Waals surface area contributed by atoms with Crippen LogP contribution in [-0.4, -0.2) is 26.5 Å². The van der Waals surface area contributed by atoms with Crippen LogP contribution in [0.2, 0.25) is 5.02 Å². The lowest BCUT2D eigenvalue weighted by Gasteiger charge is -2.12. The van der Waals surface area contributed by atoms with Crippen molar-refractivity contribution in [1.29, 1.82) is 0 Å². The number of unbranched alkanes of at least 4 members (excludes halogenated alkanes) is 6. The van der Waals surface area contributed by atoms with Gasteiger partial charge in [0.25, 0.3) is 0 Å². The van der Waals surface area contributed by atoms with Gasteiger partial charge in [-0.25, -0.2) is 0 Å². The maximum Gasteiger partial charge on any atom is 0.161 e. The molecule has 170 valence electrons. The lowest BCUT2D eigenvalue weighted by atomic mass is 10.1. The van der Waals surface area contributed by atoms with Crippen LogP contribution in [0, 0.1) is 0 Å². The van der Waals surface area contributed by atoms with Gasteiger partial charge in [0.2, 0.25) is 0 Å². The fraction of sp³-hybridized carbons (Fsp3) is 0.480. The number of ether oxygens (including phenoxy) is 3. The quantitative estimate of drug-likeness (QED) is 0.177. The summed E-state index contributed by atoms with van der Waals surface area (Å²) in [6, 6.07) is 11.3. The van der Waals surface area contributed by atoms with E-state index in [2.05, 4.69) is 17.5 Å². The van der Waals surface area contributed by atoms with E-state index >= 15 is 0 Å². The summed E-state index contributed by atoms with van der Waals surface area (Å²) in [4.78, 5) is 0. The molecule has 5 nitrogen and oxygen atoms in total. The molecule has 0 saturated carbocycles. The first-order valence-corrected chi connectivity index (χ1v) is 11.6. The van der Waals surface area contributed by atoms with Crippen LogP contribution in [0.3, 0.4) is 0 Å². The Morgan fingerprint density at radius 3 is 2.32 bits per heavy atom. The molecule has 2 rings (SSSR count). The highest BCUT2D eigenvalue weighted by atomic mass is 35.5. The predicted octanol–water partition coefficient (Wildman–Crippen LogP) is 7.32. The molecule has 0 heterocycles. The van der Waals surface area contributed by atoms with E-state index in [0.29, 0.717) is 24.0 Å². The maximum atomic E-state index is 6.14. The zero-order chi connectivity index (χ0) is 22.3. The second-order valence-corrected chi connectivity index (χ2v) is 7.74. The monoisotopic (exact) mass is 446 g/mol. The zero-order valence-corrected chi connectivity index (χ0v) is 19.7. The average Bonchev–Trinajstić information content (AvgIpc) is 2.77. The van der Waals surface area contributed by atoms with Gasteiger partial charge in [0.1, 0.15) is 5.75 Å². The SMILES string of the molecule is CCCCCCCCCOc1ccc(/C=N/Nc2ccc(OC)c(Cl)c2)cc1OCC. The molecule has 0 aliphatic rings. The number of nitrogens with zero attached hydrogens (tertiary/aromatic N) is 1. The molecule has 0 bridgehead atoms. The third-order valence-electron chi connectivity index (χ3n) is 4.83. The predicted molar refractivity (Wildman–Crippen MR) is 130 cm³/mol. The first kappa shape index (κ1) is 24.9. The van der Waals surface area contributed by atoms with Gasteiger partial charge in [-0.1, -0.05) is 57.0 Å². The van der Waals surface area contributed by atoms with Crippen LogP contribution in [0.15, 0.2) is 41.5 Å². The van der Waals surface area contributed by atoms with Crippen molar-refractivity contribution in [2.45, 2.75) is 58.8 Å². The van der Waals surface area contributed by atoms with Crippen molar-refractivity contribution in [3.63, 3.8) is 0 Å². The van der Waals surface area contributed by atoms with Crippen LogP contribution >= 0.6 is 11.6 Å². The minimum atomic E-state index is 0.531. The highest BCUT2D eigenvalue weighted by Gasteiger charge is 2.06. The lowest BCUT2D eigenvalue weighted by Crippen LogP contribution is -2.02. The van der Waals surface area contributed by atoms with E-state index < -0.39 is 0 Å². The fourth-order valence-electron chi connectivity index (χ4n) is 3.15. The van der Waals surface area contributed by atoms with E-state index in [0.717, 1.165) is 29.2 Å². The number of rotatable bonds is 15. The summed E-state index contributed by atoms with van der Waals surface area (Å²) in [6.07, 6.45) is 10.6. The van der Waals surface area contributed by atoms with Crippen LogP contribution in [0.25, 0.3) is 0 Å². The van der Waals surface area contributed by atoms with Crippen molar-refractivity contribution in [2.75, 3.05) is 25.7 Å². The third kappa shape index (κ3) is 9.09. The Morgan fingerprint density at radius 2 is 1.61 bits per heavy atom. The number of benzene rings is 2. The molecule has 6 heteroatoms. The number of nitrogens with one attached hydrogen (secondary N) is 1. The fourth-order valence-corrected chi connectivity index (χ4v) is 3.41. The van der Waals surface area contributed by atoms with Gasteiger partial charge in [-0.05, 0) is 55.3 Å². The normalized spacial score (nSPS) is 11.0. The van der Waals surface area contributed by atoms with E-state index in [-0.39, 0.29) is 0 Å². The average molecular weight is 447 g/mol. The van der Waals surface area contributed by atoms with Gasteiger partial charge in [-0.15, -0.1) is 0 Å². The molecule has 2 aromatic rings. The molecule has 0 fully saturated rings. The molecule has 0 spiro atoms. The Morgan fingerprint density at radius 1 is 0.871 bits per heavy atom. The minimum Gasteiger partial charge on any atom is -0.495 e. The number of methoxy groups -OCH3 is 1. The molecule has 31 heavy (non-hydrogen) atoms. The largest absolute Gasteiger partial charge is 0.495 e. The van der Waals surface area contributed by atoms with Crippen molar-refractivity contribution >= 4 is 23.5 Å². The van der Waals surface area contributed by atoms with Gasteiger partial charge < -0.3 is 14.2 Å². The van der Waals surface area contributed by atoms with Crippen LogP contribution < -0.4 is 19.6 Å². The lowest BCUT2D eigenvalue weighted by molar-refractivity contribution is 0.270. The summed E-state index contributed by atoms with van der Waals surface area (Å²) >= 11 is 6.14. The molecule has 0 aliphatic heterocycles. The Hall–Kier alpha value is -2.40. The highest BCUT2D eigenvalue weighted by molar-refractivity contribution is 6.32. The molecule has 0 saturated heterocycles. The second kappa shape index (κ2) is 14.6. The first-order valence-electron chi connectivity index (χ1n) is 11.2. The van der Waals surface area contributed by atoms with E-state index in [1.165, 1.54) is 38.5 Å². The van der Waals surface area contributed by atoms with Gasteiger partial charge in [0.15, 0.2) is 11.5 Å². The summed E-state index contributed by atoms with van der Waals surface area (Å²) < 4.78 is 16.9. The summed E-state index contributed by atoms with van der Waals surface area (Å²) in [7, 11) is 1.59. The summed E-state index contributed by atoms with van der Waals surface area (Å²) in [6.45, 7) is 5.50. The van der Waals surface area contributed by atoms with E-state index in [1.54, 1.807) is 25.5 Å². The molecule has 0 radical (unpaired) electrons. The van der Waals surface area contributed by atoms with Crippen LogP contribution in [0.5, 0.6) is 17.2 Å². The Bertz CT molecular complexity index is 811. The molecular formula is C25H35ClN2O3. The molecular weight excluding hydrogens is 412 g/mol. The van der Waals surface area contributed by atoms with Crippen LogP contribution in [0.1, 0.15) is 64.4 Å². The Labute approximate surface area is 191 Å². The van der Waals surface area contributed by atoms with Gasteiger partial charge in [0.05, 0.1) is 37.2 Å². The summed E-state index contributed by atoms with van der Waals surface area (Å²) in [5.41, 5.74) is 4.67. The number of hydrazone groups is 1. The number of halogens is 1. The van der Waals surface area contributed by atoms with E-state index in [9.17, 15) is 0 Å². The van der Waals surface area contributed by atoms with E-state index in [4.69, 9.17) is 25.8 Å². The van der Waals surface area contributed by atoms with Gasteiger partial charge in [0, 0.05) is 0 Å². The van der Waals surface area contributed by atoms with Crippen LogP contribution in [0.4, 0.5) is 5.69 Å². The Balaban J connectivity index is 1.86. The molecule has 2 aromatic carbocycles. The summed E-state index contributed by atoms with van der Waals surface area (Å²) in [5, 5.41) is 4.82. The minimum absolute atomic E-state index is 0.531. The topological polar surface area (TPSA) is 52.1 Å². The third-order valence-corrected chi connectivity index (χ3v) is 5.13. The number of hydrogen-bond donors (Lipinski definition) is 1. The summed E-state index contributed by atoms with van der Waals surface area (Å²) in [5.74, 6) is 2.14. The van der Waals surface area contributed by atoms with Crippen molar-refractivity contribution in [1.82, 2.24) is 0 Å². The smallest absolute Gasteiger partial charge is 0.161 e. The second-order valence-electron chi connectivity index (χ2n) is 7.33. The van der Waals surface area contributed by atoms with Crippen molar-refractivity contribution in [3.05, 3.63) is 47.0 Å².